The number of amides is 1. The maximum absolute atomic E-state index is 12.3. The molecule has 15 nitrogen and oxygen atoms in total. The predicted molar refractivity (Wildman–Crippen MR) is 130 cm³/mol. The first-order valence-electron chi connectivity index (χ1n) is 11.0. The zero-order valence-electron chi connectivity index (χ0n) is 20.8. The number of H-pyrrole nitrogens is 1. The molecule has 38 heavy (non-hydrogen) atoms. The molecule has 0 saturated carbocycles. The number of benzene rings is 1. The largest absolute Gasteiger partial charge is 0.463 e. The number of ether oxygens (including phenoxy) is 3. The van der Waals surface area contributed by atoms with Crippen LogP contribution in [0.4, 0.5) is 5.69 Å². The molecule has 1 N–H and O–H groups in total. The molecule has 2 heterocycles. The Morgan fingerprint density at radius 2 is 1.87 bits per heavy atom. The molecular weight excluding hydrogens is 524 g/mol. The monoisotopic (exact) mass is 548 g/mol. The molecule has 3 rings (SSSR count). The molecule has 0 aliphatic rings. The normalized spacial score (nSPS) is 11.1. The highest BCUT2D eigenvalue weighted by molar-refractivity contribution is 7.90. The molecule has 202 valence electrons. The van der Waals surface area contributed by atoms with Crippen LogP contribution < -0.4 is 9.47 Å². The van der Waals surface area contributed by atoms with E-state index in [0.29, 0.717) is 17.0 Å². The van der Waals surface area contributed by atoms with Gasteiger partial charge in [0.25, 0.3) is 5.16 Å². The molecule has 0 unspecified atom stereocenters. The van der Waals surface area contributed by atoms with Crippen molar-refractivity contribution in [3.8, 4) is 28.9 Å². The Morgan fingerprint density at radius 3 is 2.45 bits per heavy atom. The van der Waals surface area contributed by atoms with Crippen LogP contribution in [0.3, 0.4) is 0 Å². The number of nitrogens with zero attached hydrogens (tertiary/aromatic N) is 5. The SMILES string of the molecule is CCOC(=O)COc1nc(S(C)(=O)=O)nc(Oc2cc(CC(=O)N(C)C)cc(-c3ncc[nH]3)c2)c1[N+](=O)[O-]. The van der Waals surface area contributed by atoms with E-state index in [2.05, 4.69) is 19.9 Å². The third kappa shape index (κ3) is 7.00. The molecule has 3 aromatic rings. The Hall–Kier alpha value is -4.60. The zero-order valence-corrected chi connectivity index (χ0v) is 21.6. The average molecular weight is 549 g/mol. The minimum atomic E-state index is -4.09. The highest BCUT2D eigenvalue weighted by atomic mass is 32.2. The predicted octanol–water partition coefficient (Wildman–Crippen LogP) is 1.54. The molecule has 0 fully saturated rings. The minimum Gasteiger partial charge on any atom is -0.463 e. The van der Waals surface area contributed by atoms with Crippen molar-refractivity contribution in [2.45, 2.75) is 18.5 Å². The molecule has 0 bridgehead atoms. The number of carbonyl (C=O) groups is 2. The van der Waals surface area contributed by atoms with Gasteiger partial charge in [-0.3, -0.25) is 14.9 Å². The number of esters is 1. The van der Waals surface area contributed by atoms with E-state index in [1.54, 1.807) is 33.3 Å². The Labute approximate surface area is 216 Å². The summed E-state index contributed by atoms with van der Waals surface area (Å²) in [7, 11) is -0.918. The van der Waals surface area contributed by atoms with Crippen LogP contribution in [0.25, 0.3) is 11.4 Å². The Kier molecular flexibility index (Phi) is 8.57. The van der Waals surface area contributed by atoms with Crippen LogP contribution in [-0.2, 0) is 30.6 Å². The van der Waals surface area contributed by atoms with Gasteiger partial charge in [-0.2, -0.15) is 9.97 Å². The summed E-state index contributed by atoms with van der Waals surface area (Å²) in [5.41, 5.74) is 0.0373. The summed E-state index contributed by atoms with van der Waals surface area (Å²) in [6.07, 6.45) is 3.84. The molecule has 1 aromatic carbocycles. The lowest BCUT2D eigenvalue weighted by atomic mass is 10.1. The van der Waals surface area contributed by atoms with Crippen LogP contribution in [-0.4, -0.2) is 83.6 Å². The third-order valence-corrected chi connectivity index (χ3v) is 5.60. The molecule has 0 saturated heterocycles. The van der Waals surface area contributed by atoms with Crippen molar-refractivity contribution in [1.82, 2.24) is 24.8 Å². The van der Waals surface area contributed by atoms with Gasteiger partial charge in [0.1, 0.15) is 11.6 Å². The lowest BCUT2D eigenvalue weighted by Gasteiger charge is -2.14. The first kappa shape index (κ1) is 28.0. The highest BCUT2D eigenvalue weighted by Crippen LogP contribution is 2.38. The maximum Gasteiger partial charge on any atom is 0.392 e. The quantitative estimate of drug-likeness (QED) is 0.157. The van der Waals surface area contributed by atoms with Gasteiger partial charge in [-0.15, -0.1) is 0 Å². The molecule has 0 atom stereocenters. The third-order valence-electron chi connectivity index (χ3n) is 4.75. The molecule has 16 heteroatoms. The van der Waals surface area contributed by atoms with Crippen LogP contribution in [0.1, 0.15) is 12.5 Å². The fourth-order valence-corrected chi connectivity index (χ4v) is 3.54. The van der Waals surface area contributed by atoms with E-state index in [1.807, 2.05) is 0 Å². The summed E-state index contributed by atoms with van der Waals surface area (Å²) in [5.74, 6) is -2.25. The van der Waals surface area contributed by atoms with Gasteiger partial charge in [0.15, 0.2) is 6.61 Å². The second-order valence-corrected chi connectivity index (χ2v) is 9.87. The number of hydrogen-bond acceptors (Lipinski definition) is 12. The van der Waals surface area contributed by atoms with Gasteiger partial charge in [-0.05, 0) is 30.7 Å². The van der Waals surface area contributed by atoms with Crippen molar-refractivity contribution in [2.75, 3.05) is 33.6 Å². The standard InChI is InChI=1S/C22H24N6O9S/c1-5-35-17(30)12-36-20-18(28(31)32)21(26-22(25-20)38(4,33)34)37-15-9-13(10-16(29)27(2)3)8-14(11-15)19-23-6-7-24-19/h6-9,11H,5,10,12H2,1-4H3,(H,23,24). The van der Waals surface area contributed by atoms with E-state index in [0.717, 1.165) is 6.26 Å². The van der Waals surface area contributed by atoms with Crippen molar-refractivity contribution in [3.63, 3.8) is 0 Å². The van der Waals surface area contributed by atoms with E-state index in [4.69, 9.17) is 14.2 Å². The van der Waals surface area contributed by atoms with Gasteiger partial charge >= 0.3 is 23.4 Å². The van der Waals surface area contributed by atoms with Crippen LogP contribution in [0.5, 0.6) is 17.5 Å². The van der Waals surface area contributed by atoms with Crippen molar-refractivity contribution in [2.24, 2.45) is 0 Å². The number of aromatic nitrogens is 4. The number of likely N-dealkylation sites (N-methyl/N-ethyl adjacent to an activating group) is 1. The minimum absolute atomic E-state index is 0.0157. The first-order valence-corrected chi connectivity index (χ1v) is 12.8. The Balaban J connectivity index is 2.13. The molecule has 1 amide bonds. The van der Waals surface area contributed by atoms with Crippen LogP contribution >= 0.6 is 0 Å². The number of rotatable bonds is 11. The Bertz CT molecular complexity index is 1460. The second kappa shape index (κ2) is 11.6. The summed E-state index contributed by atoms with van der Waals surface area (Å²) in [5, 5.41) is 11.1. The number of carbonyl (C=O) groups excluding carboxylic acids is 2. The van der Waals surface area contributed by atoms with E-state index >= 15 is 0 Å². The first-order chi connectivity index (χ1) is 17.9. The van der Waals surface area contributed by atoms with Gasteiger partial charge in [0.05, 0.1) is 18.0 Å². The van der Waals surface area contributed by atoms with Gasteiger partial charge in [-0.1, -0.05) is 0 Å². The topological polar surface area (TPSA) is 197 Å². The van der Waals surface area contributed by atoms with Crippen molar-refractivity contribution < 1.29 is 37.1 Å². The summed E-state index contributed by atoms with van der Waals surface area (Å²) in [6, 6.07) is 4.59. The van der Waals surface area contributed by atoms with E-state index in [-0.39, 0.29) is 24.7 Å². The van der Waals surface area contributed by atoms with E-state index in [9.17, 15) is 28.1 Å². The van der Waals surface area contributed by atoms with Crippen molar-refractivity contribution in [3.05, 3.63) is 46.3 Å². The molecule has 0 aliphatic carbocycles. The lowest BCUT2D eigenvalue weighted by Crippen LogP contribution is -2.23. The van der Waals surface area contributed by atoms with Crippen LogP contribution in [0, 0.1) is 10.1 Å². The molecule has 2 aromatic heterocycles. The van der Waals surface area contributed by atoms with Gasteiger partial charge in [0.2, 0.25) is 15.7 Å². The highest BCUT2D eigenvalue weighted by Gasteiger charge is 2.32. The number of nitrogens with one attached hydrogen (secondary N) is 1. The van der Waals surface area contributed by atoms with Gasteiger partial charge < -0.3 is 24.1 Å². The van der Waals surface area contributed by atoms with Gasteiger partial charge in [0, 0.05) is 38.3 Å². The van der Waals surface area contributed by atoms with Crippen LogP contribution in [0.15, 0.2) is 35.7 Å². The van der Waals surface area contributed by atoms with Gasteiger partial charge in [-0.25, -0.2) is 18.2 Å². The van der Waals surface area contributed by atoms with Crippen molar-refractivity contribution in [1.29, 1.82) is 0 Å². The number of imidazole rings is 1. The zero-order chi connectivity index (χ0) is 28.0. The average Bonchev–Trinajstić information content (AvgIpc) is 3.37. The van der Waals surface area contributed by atoms with Crippen LogP contribution in [0.2, 0.25) is 0 Å². The summed E-state index contributed by atoms with van der Waals surface area (Å²) in [4.78, 5) is 50.9. The smallest absolute Gasteiger partial charge is 0.392 e. The van der Waals surface area contributed by atoms with E-state index in [1.165, 1.54) is 23.2 Å². The summed E-state index contributed by atoms with van der Waals surface area (Å²) in [6.45, 7) is 0.802. The molecule has 0 radical (unpaired) electrons. The molecular formula is C22H24N6O9S. The maximum atomic E-state index is 12.3. The number of sulfone groups is 1. The number of nitro groups is 1. The number of hydrogen-bond donors (Lipinski definition) is 1. The summed E-state index contributed by atoms with van der Waals surface area (Å²) >= 11 is 0. The summed E-state index contributed by atoms with van der Waals surface area (Å²) < 4.78 is 40.0. The number of aromatic amines is 1. The van der Waals surface area contributed by atoms with E-state index < -0.39 is 49.9 Å². The fourth-order valence-electron chi connectivity index (χ4n) is 3.05. The fraction of sp³-hybridized carbons (Fsp3) is 0.318. The second-order valence-electron chi connectivity index (χ2n) is 7.96. The lowest BCUT2D eigenvalue weighted by molar-refractivity contribution is -0.387. The van der Waals surface area contributed by atoms with Crippen molar-refractivity contribution >= 4 is 27.4 Å². The molecule has 0 aliphatic heterocycles. The molecule has 0 spiro atoms. The Morgan fingerprint density at radius 1 is 1.16 bits per heavy atom.